The van der Waals surface area contributed by atoms with Gasteiger partial charge in [0.15, 0.2) is 5.69 Å². The first-order valence-electron chi connectivity index (χ1n) is 6.22. The Morgan fingerprint density at radius 2 is 2.05 bits per heavy atom. The molecule has 19 heavy (non-hydrogen) atoms. The largest absolute Gasteiger partial charge is 0.476 e. The zero-order chi connectivity index (χ0) is 13.2. The van der Waals surface area contributed by atoms with Crippen molar-refractivity contribution < 1.29 is 9.90 Å². The number of carbonyl (C=O) groups is 1. The molecule has 0 bridgehead atoms. The summed E-state index contributed by atoms with van der Waals surface area (Å²) in [6.07, 6.45) is 5.02. The number of hydrogen-bond acceptors (Lipinski definition) is 3. The molecule has 0 amide bonds. The van der Waals surface area contributed by atoms with E-state index in [1.807, 2.05) is 0 Å². The third-order valence-corrected chi connectivity index (χ3v) is 4.31. The van der Waals surface area contributed by atoms with Crippen molar-refractivity contribution in [2.24, 2.45) is 0 Å². The number of aromatic nitrogens is 1. The average Bonchev–Trinajstić information content (AvgIpc) is 2.86. The Bertz CT molecular complexity index is 640. The first-order valence-corrected chi connectivity index (χ1v) is 7.03. The van der Waals surface area contributed by atoms with E-state index in [9.17, 15) is 4.79 Å². The van der Waals surface area contributed by atoms with Gasteiger partial charge in [-0.2, -0.15) is 0 Å². The van der Waals surface area contributed by atoms with Gasteiger partial charge in [-0.1, -0.05) is 17.8 Å². The van der Waals surface area contributed by atoms with Crippen molar-refractivity contribution in [1.29, 1.82) is 0 Å². The standard InChI is InChI=1S/C15H13NO2S/c17-15(18)14-13(5-2-8-16-14)19-12-7-6-10-3-1-4-11(10)9-12/h2,5-9H,1,3-4H2,(H,17,18). The lowest BCUT2D eigenvalue weighted by Gasteiger charge is -2.06. The van der Waals surface area contributed by atoms with Crippen molar-refractivity contribution in [3.05, 3.63) is 53.3 Å². The smallest absolute Gasteiger partial charge is 0.355 e. The number of aromatic carboxylic acids is 1. The summed E-state index contributed by atoms with van der Waals surface area (Å²) < 4.78 is 0. The van der Waals surface area contributed by atoms with Crippen LogP contribution in [0.1, 0.15) is 28.0 Å². The summed E-state index contributed by atoms with van der Waals surface area (Å²) in [5.74, 6) is -0.982. The summed E-state index contributed by atoms with van der Waals surface area (Å²) in [4.78, 5) is 16.8. The highest BCUT2D eigenvalue weighted by Gasteiger charge is 2.14. The number of fused-ring (bicyclic) bond motifs is 1. The van der Waals surface area contributed by atoms with E-state index in [1.54, 1.807) is 12.1 Å². The van der Waals surface area contributed by atoms with E-state index in [2.05, 4.69) is 23.2 Å². The van der Waals surface area contributed by atoms with Crippen LogP contribution in [0.3, 0.4) is 0 Å². The molecule has 0 saturated heterocycles. The van der Waals surface area contributed by atoms with Crippen LogP contribution in [-0.2, 0) is 12.8 Å². The zero-order valence-corrected chi connectivity index (χ0v) is 11.1. The van der Waals surface area contributed by atoms with Crippen molar-refractivity contribution in [1.82, 2.24) is 4.98 Å². The summed E-state index contributed by atoms with van der Waals surface area (Å²) in [5, 5.41) is 9.12. The van der Waals surface area contributed by atoms with Crippen molar-refractivity contribution in [2.45, 2.75) is 29.1 Å². The van der Waals surface area contributed by atoms with Gasteiger partial charge in [0, 0.05) is 16.0 Å². The summed E-state index contributed by atoms with van der Waals surface area (Å²) >= 11 is 1.47. The quantitative estimate of drug-likeness (QED) is 0.929. The predicted molar refractivity (Wildman–Crippen MR) is 73.8 cm³/mol. The molecule has 4 heteroatoms. The van der Waals surface area contributed by atoms with Gasteiger partial charge in [0.2, 0.25) is 0 Å². The molecule has 0 aliphatic heterocycles. The second-order valence-corrected chi connectivity index (χ2v) is 5.66. The van der Waals surface area contributed by atoms with E-state index >= 15 is 0 Å². The molecule has 1 aliphatic carbocycles. The molecule has 0 atom stereocenters. The minimum atomic E-state index is -0.982. The SMILES string of the molecule is O=C(O)c1ncccc1Sc1ccc2c(c1)CCC2. The lowest BCUT2D eigenvalue weighted by atomic mass is 10.1. The third kappa shape index (κ3) is 2.49. The van der Waals surface area contributed by atoms with E-state index in [-0.39, 0.29) is 5.69 Å². The summed E-state index contributed by atoms with van der Waals surface area (Å²) in [7, 11) is 0. The molecule has 2 aromatic rings. The maximum Gasteiger partial charge on any atom is 0.355 e. The Balaban J connectivity index is 1.91. The topological polar surface area (TPSA) is 50.2 Å². The fourth-order valence-corrected chi connectivity index (χ4v) is 3.35. The van der Waals surface area contributed by atoms with Gasteiger partial charge < -0.3 is 5.11 Å². The number of rotatable bonds is 3. The number of aryl methyl sites for hydroxylation is 2. The van der Waals surface area contributed by atoms with Crippen molar-refractivity contribution >= 4 is 17.7 Å². The minimum Gasteiger partial charge on any atom is -0.476 e. The highest BCUT2D eigenvalue weighted by molar-refractivity contribution is 7.99. The van der Waals surface area contributed by atoms with Crippen LogP contribution in [0.5, 0.6) is 0 Å². The Kier molecular flexibility index (Phi) is 3.25. The van der Waals surface area contributed by atoms with Crippen molar-refractivity contribution in [2.75, 3.05) is 0 Å². The molecule has 1 aliphatic rings. The van der Waals surface area contributed by atoms with E-state index in [1.165, 1.54) is 35.5 Å². The molecule has 0 unspecified atom stereocenters. The molecule has 3 rings (SSSR count). The van der Waals surface area contributed by atoms with Crippen LogP contribution in [0.4, 0.5) is 0 Å². The lowest BCUT2D eigenvalue weighted by molar-refractivity contribution is 0.0686. The molecule has 0 spiro atoms. The summed E-state index contributed by atoms with van der Waals surface area (Å²) in [6.45, 7) is 0. The molecule has 96 valence electrons. The van der Waals surface area contributed by atoms with Gasteiger partial charge in [-0.25, -0.2) is 9.78 Å². The highest BCUT2D eigenvalue weighted by atomic mass is 32.2. The van der Waals surface area contributed by atoms with Crippen LogP contribution in [0, 0.1) is 0 Å². The number of carboxylic acid groups (broad SMARTS) is 1. The second-order valence-electron chi connectivity index (χ2n) is 4.54. The van der Waals surface area contributed by atoms with Gasteiger partial charge in [0.25, 0.3) is 0 Å². The predicted octanol–water partition coefficient (Wildman–Crippen LogP) is 3.42. The van der Waals surface area contributed by atoms with Gasteiger partial charge in [-0.3, -0.25) is 0 Å². The Hall–Kier alpha value is -1.81. The van der Waals surface area contributed by atoms with Gasteiger partial charge in [-0.05, 0) is 54.7 Å². The molecular formula is C15H13NO2S. The highest BCUT2D eigenvalue weighted by Crippen LogP contribution is 2.33. The van der Waals surface area contributed by atoms with E-state index in [0.717, 1.165) is 17.7 Å². The first-order chi connectivity index (χ1) is 9.24. The fourth-order valence-electron chi connectivity index (χ4n) is 2.37. The summed E-state index contributed by atoms with van der Waals surface area (Å²) in [5.41, 5.74) is 2.94. The van der Waals surface area contributed by atoms with E-state index in [0.29, 0.717) is 4.90 Å². The van der Waals surface area contributed by atoms with E-state index in [4.69, 9.17) is 5.11 Å². The van der Waals surface area contributed by atoms with Crippen LogP contribution < -0.4 is 0 Å². The van der Waals surface area contributed by atoms with Gasteiger partial charge in [0.05, 0.1) is 0 Å². The maximum atomic E-state index is 11.1. The summed E-state index contributed by atoms with van der Waals surface area (Å²) in [6, 6.07) is 9.96. The Labute approximate surface area is 115 Å². The molecular weight excluding hydrogens is 258 g/mol. The normalized spacial score (nSPS) is 13.3. The molecule has 0 fully saturated rings. The number of nitrogens with zero attached hydrogens (tertiary/aromatic N) is 1. The second kappa shape index (κ2) is 5.05. The fraction of sp³-hybridized carbons (Fsp3) is 0.200. The molecule has 1 heterocycles. The maximum absolute atomic E-state index is 11.1. The Morgan fingerprint density at radius 3 is 2.89 bits per heavy atom. The average molecular weight is 271 g/mol. The van der Waals surface area contributed by atoms with E-state index < -0.39 is 5.97 Å². The molecule has 1 aromatic heterocycles. The monoisotopic (exact) mass is 271 g/mol. The Morgan fingerprint density at radius 1 is 1.21 bits per heavy atom. The number of carboxylic acids is 1. The molecule has 3 nitrogen and oxygen atoms in total. The van der Waals surface area contributed by atoms with Crippen LogP contribution in [0.25, 0.3) is 0 Å². The van der Waals surface area contributed by atoms with Gasteiger partial charge in [0.1, 0.15) is 0 Å². The van der Waals surface area contributed by atoms with Crippen molar-refractivity contribution in [3.8, 4) is 0 Å². The lowest BCUT2D eigenvalue weighted by Crippen LogP contribution is -2.01. The van der Waals surface area contributed by atoms with Crippen LogP contribution >= 0.6 is 11.8 Å². The molecule has 1 N–H and O–H groups in total. The van der Waals surface area contributed by atoms with Gasteiger partial charge in [-0.15, -0.1) is 0 Å². The zero-order valence-electron chi connectivity index (χ0n) is 10.3. The first kappa shape index (κ1) is 12.2. The van der Waals surface area contributed by atoms with Gasteiger partial charge >= 0.3 is 5.97 Å². The number of hydrogen-bond donors (Lipinski definition) is 1. The number of benzene rings is 1. The van der Waals surface area contributed by atoms with Crippen LogP contribution in [-0.4, -0.2) is 16.1 Å². The molecule has 1 aromatic carbocycles. The third-order valence-electron chi connectivity index (χ3n) is 3.27. The molecule has 0 radical (unpaired) electrons. The molecule has 0 saturated carbocycles. The van der Waals surface area contributed by atoms with Crippen LogP contribution in [0.2, 0.25) is 0 Å². The van der Waals surface area contributed by atoms with Crippen molar-refractivity contribution in [3.63, 3.8) is 0 Å². The van der Waals surface area contributed by atoms with Crippen LogP contribution in [0.15, 0.2) is 46.3 Å². The minimum absolute atomic E-state index is 0.119. The number of pyridine rings is 1.